The fourth-order valence-corrected chi connectivity index (χ4v) is 7.24. The highest BCUT2D eigenvalue weighted by Crippen LogP contribution is 2.36. The molecule has 2 aromatic rings. The van der Waals surface area contributed by atoms with Gasteiger partial charge in [0, 0.05) is 24.7 Å². The maximum atomic E-state index is 13.4. The first kappa shape index (κ1) is 27.8. The largest absolute Gasteiger partial charge is 0.433 e. The predicted molar refractivity (Wildman–Crippen MR) is 139 cm³/mol. The fraction of sp³-hybridized carbons (Fsp3) is 0.538. The van der Waals surface area contributed by atoms with Crippen molar-refractivity contribution in [2.75, 3.05) is 19.3 Å². The number of nitrogens with one attached hydrogen (secondary N) is 1. The molecule has 0 spiro atoms. The van der Waals surface area contributed by atoms with Crippen molar-refractivity contribution in [2.45, 2.75) is 68.6 Å². The number of carbonyl (C=O) groups is 2. The highest BCUT2D eigenvalue weighted by Gasteiger charge is 2.44. The molecule has 0 unspecified atom stereocenters. The lowest BCUT2D eigenvalue weighted by Gasteiger charge is -2.44. The molecule has 1 saturated carbocycles. The number of rotatable bonds is 9. The van der Waals surface area contributed by atoms with Crippen molar-refractivity contribution in [3.8, 4) is 0 Å². The Kier molecular flexibility index (Phi) is 8.22. The number of nitro groups is 1. The van der Waals surface area contributed by atoms with E-state index in [4.69, 9.17) is 4.42 Å². The van der Waals surface area contributed by atoms with E-state index in [2.05, 4.69) is 24.1 Å². The van der Waals surface area contributed by atoms with Gasteiger partial charge in [0.2, 0.25) is 5.91 Å². The summed E-state index contributed by atoms with van der Waals surface area (Å²) in [4.78, 5) is 40.3. The minimum atomic E-state index is -3.58. The number of hydrogen-bond acceptors (Lipinski definition) is 8. The third kappa shape index (κ3) is 5.91. The van der Waals surface area contributed by atoms with E-state index < -0.39 is 32.6 Å². The number of hydrogen-bond donors (Lipinski definition) is 1. The Bertz CT molecular complexity index is 1280. The molecule has 1 aromatic heterocycles. The molecule has 38 heavy (non-hydrogen) atoms. The zero-order valence-corrected chi connectivity index (χ0v) is 22.6. The molecule has 2 heterocycles. The van der Waals surface area contributed by atoms with Gasteiger partial charge in [-0.15, -0.1) is 0 Å². The summed E-state index contributed by atoms with van der Waals surface area (Å²) < 4.78 is 31.6. The Morgan fingerprint density at radius 2 is 1.89 bits per heavy atom. The second-order valence-corrected chi connectivity index (χ2v) is 12.4. The van der Waals surface area contributed by atoms with E-state index >= 15 is 0 Å². The van der Waals surface area contributed by atoms with Crippen molar-refractivity contribution >= 4 is 27.5 Å². The van der Waals surface area contributed by atoms with Crippen LogP contribution in [0.1, 0.15) is 50.1 Å². The Morgan fingerprint density at radius 1 is 1.18 bits per heavy atom. The molecule has 1 saturated heterocycles. The second-order valence-electron chi connectivity index (χ2n) is 10.4. The minimum absolute atomic E-state index is 0.0685. The highest BCUT2D eigenvalue weighted by atomic mass is 32.2. The van der Waals surface area contributed by atoms with Gasteiger partial charge in [0.25, 0.3) is 5.91 Å². The first-order chi connectivity index (χ1) is 18.0. The average Bonchev–Trinajstić information content (AvgIpc) is 3.52. The molecule has 2 amide bonds. The van der Waals surface area contributed by atoms with Gasteiger partial charge in [-0.2, -0.15) is 0 Å². The summed E-state index contributed by atoms with van der Waals surface area (Å²) in [6, 6.07) is 10.1. The maximum absolute atomic E-state index is 13.4. The molecule has 0 radical (unpaired) electrons. The lowest BCUT2D eigenvalue weighted by Crippen LogP contribution is -2.53. The number of likely N-dealkylation sites (tertiary alicyclic amines) is 1. The van der Waals surface area contributed by atoms with Gasteiger partial charge in [-0.25, -0.2) is 8.42 Å². The molecule has 4 rings (SSSR count). The van der Waals surface area contributed by atoms with Crippen LogP contribution < -0.4 is 5.32 Å². The summed E-state index contributed by atoms with van der Waals surface area (Å²) in [6.07, 6.45) is 2.49. The number of furan rings is 1. The summed E-state index contributed by atoms with van der Waals surface area (Å²) in [6.45, 7) is 4.60. The normalized spacial score (nSPS) is 24.2. The van der Waals surface area contributed by atoms with Crippen LogP contribution in [0.5, 0.6) is 0 Å². The Morgan fingerprint density at radius 3 is 2.53 bits per heavy atom. The summed E-state index contributed by atoms with van der Waals surface area (Å²) in [5.74, 6) is -2.12. The maximum Gasteiger partial charge on any atom is 0.433 e. The van der Waals surface area contributed by atoms with Crippen LogP contribution in [-0.2, 0) is 14.6 Å². The summed E-state index contributed by atoms with van der Waals surface area (Å²) >= 11 is 0. The Balaban J connectivity index is 1.51. The van der Waals surface area contributed by atoms with Crippen molar-refractivity contribution in [2.24, 2.45) is 5.92 Å². The zero-order chi connectivity index (χ0) is 27.6. The van der Waals surface area contributed by atoms with Crippen LogP contribution >= 0.6 is 0 Å². The van der Waals surface area contributed by atoms with Gasteiger partial charge in [-0.1, -0.05) is 18.2 Å². The smallest absolute Gasteiger partial charge is 0.395 e. The van der Waals surface area contributed by atoms with Crippen LogP contribution in [0.25, 0.3) is 0 Å². The van der Waals surface area contributed by atoms with E-state index in [-0.39, 0.29) is 40.3 Å². The van der Waals surface area contributed by atoms with Gasteiger partial charge in [-0.3, -0.25) is 19.7 Å². The number of carbonyl (C=O) groups excluding carboxylic acids is 2. The first-order valence-corrected chi connectivity index (χ1v) is 14.5. The molecule has 4 atom stereocenters. The van der Waals surface area contributed by atoms with Crippen LogP contribution in [-0.4, -0.2) is 78.5 Å². The molecule has 12 heteroatoms. The average molecular weight is 547 g/mol. The van der Waals surface area contributed by atoms with Gasteiger partial charge in [0.05, 0.1) is 16.7 Å². The predicted octanol–water partition coefficient (Wildman–Crippen LogP) is 2.87. The lowest BCUT2D eigenvalue weighted by molar-refractivity contribution is -0.402. The summed E-state index contributed by atoms with van der Waals surface area (Å²) in [7, 11) is -1.53. The van der Waals surface area contributed by atoms with Gasteiger partial charge in [-0.05, 0) is 70.7 Å². The van der Waals surface area contributed by atoms with Crippen LogP contribution in [0.4, 0.5) is 5.88 Å². The van der Waals surface area contributed by atoms with E-state index in [0.29, 0.717) is 31.8 Å². The SMILES string of the molecule is CC(C)N(C)[C@@H]1CC[C@H](N2CC[C@H](NC(=O)c3ccc([N+](=O)[O-])o3)C2=O)[C@@H](CS(=O)(=O)c2ccccc2)C1. The van der Waals surface area contributed by atoms with Crippen molar-refractivity contribution in [1.29, 1.82) is 0 Å². The Labute approximate surface area is 222 Å². The number of amides is 2. The molecule has 0 bridgehead atoms. The van der Waals surface area contributed by atoms with Crippen molar-refractivity contribution in [1.82, 2.24) is 15.1 Å². The molecule has 2 aliphatic rings. The molecule has 1 aliphatic carbocycles. The van der Waals surface area contributed by atoms with Crippen LogP contribution in [0.2, 0.25) is 0 Å². The van der Waals surface area contributed by atoms with Gasteiger partial charge >= 0.3 is 5.88 Å². The zero-order valence-electron chi connectivity index (χ0n) is 21.8. The van der Waals surface area contributed by atoms with Gasteiger partial charge < -0.3 is 19.5 Å². The summed E-state index contributed by atoms with van der Waals surface area (Å²) in [5.41, 5.74) is 0. The summed E-state index contributed by atoms with van der Waals surface area (Å²) in [5, 5.41) is 13.5. The van der Waals surface area contributed by atoms with E-state index in [1.165, 1.54) is 6.07 Å². The standard InChI is InChI=1S/C26H34N4O7S/c1-17(2)28(3)19-9-10-22(18(15-19)16-38(35,36)20-7-5-4-6-8-20)29-14-13-21(26(29)32)27-25(31)23-11-12-24(37-23)30(33)34/h4-8,11-12,17-19,21-22H,9-10,13-16H2,1-3H3,(H,27,31)/t18-,19-,21+,22+/m1/s1. The third-order valence-electron chi connectivity index (χ3n) is 7.78. The van der Waals surface area contributed by atoms with Crippen LogP contribution in [0, 0.1) is 16.0 Å². The molecule has 2 fully saturated rings. The molecule has 1 aromatic carbocycles. The molecule has 11 nitrogen and oxygen atoms in total. The topological polar surface area (TPSA) is 143 Å². The fourth-order valence-electron chi connectivity index (χ4n) is 5.55. The molecule has 1 aliphatic heterocycles. The van der Waals surface area contributed by atoms with E-state index in [1.54, 1.807) is 35.2 Å². The van der Waals surface area contributed by atoms with Gasteiger partial charge in [0.15, 0.2) is 15.6 Å². The molecule has 1 N–H and O–H groups in total. The number of sulfone groups is 1. The molecular formula is C26H34N4O7S. The lowest BCUT2D eigenvalue weighted by atomic mass is 9.81. The van der Waals surface area contributed by atoms with Crippen molar-refractivity contribution in [3.05, 3.63) is 58.3 Å². The van der Waals surface area contributed by atoms with Crippen molar-refractivity contribution in [3.63, 3.8) is 0 Å². The monoisotopic (exact) mass is 546 g/mol. The van der Waals surface area contributed by atoms with Crippen molar-refractivity contribution < 1.29 is 27.3 Å². The van der Waals surface area contributed by atoms with E-state index in [9.17, 15) is 28.1 Å². The third-order valence-corrected chi connectivity index (χ3v) is 9.64. The second kappa shape index (κ2) is 11.2. The number of nitrogens with zero attached hydrogens (tertiary/aromatic N) is 3. The highest BCUT2D eigenvalue weighted by molar-refractivity contribution is 7.91. The van der Waals surface area contributed by atoms with Gasteiger partial charge in [0.1, 0.15) is 11.0 Å². The minimum Gasteiger partial charge on any atom is -0.395 e. The molecule has 206 valence electrons. The first-order valence-electron chi connectivity index (χ1n) is 12.8. The molecular weight excluding hydrogens is 512 g/mol. The van der Waals surface area contributed by atoms with E-state index in [1.807, 2.05) is 7.05 Å². The number of benzene rings is 1. The van der Waals surface area contributed by atoms with Crippen LogP contribution in [0.3, 0.4) is 0 Å². The quantitative estimate of drug-likeness (QED) is 0.374. The van der Waals surface area contributed by atoms with E-state index in [0.717, 1.165) is 12.5 Å². The Hall–Kier alpha value is -3.25. The van der Waals surface area contributed by atoms with Crippen LogP contribution in [0.15, 0.2) is 51.8 Å².